The maximum Gasteiger partial charge on any atom is 0.308 e. The van der Waals surface area contributed by atoms with Gasteiger partial charge in [-0.2, -0.15) is 0 Å². The summed E-state index contributed by atoms with van der Waals surface area (Å²) in [7, 11) is 0. The highest BCUT2D eigenvalue weighted by Gasteiger charge is 2.31. The van der Waals surface area contributed by atoms with Gasteiger partial charge >= 0.3 is 5.91 Å². The zero-order valence-electron chi connectivity index (χ0n) is 20.1. The van der Waals surface area contributed by atoms with Gasteiger partial charge in [-0.05, 0) is 86.8 Å². The molecule has 1 aliphatic heterocycles. The molecule has 1 unspecified atom stereocenters. The topological polar surface area (TPSA) is 51.7 Å². The summed E-state index contributed by atoms with van der Waals surface area (Å²) in [5.41, 5.74) is 5.35. The molecule has 2 heterocycles. The number of ether oxygens (including phenoxy) is 2. The summed E-state index contributed by atoms with van der Waals surface area (Å²) in [6.45, 7) is 13.1. The lowest BCUT2D eigenvalue weighted by Gasteiger charge is -2.27. The first-order valence-corrected chi connectivity index (χ1v) is 11.6. The molecular formula is C27H34N2O3. The Morgan fingerprint density at radius 1 is 1.12 bits per heavy atom. The van der Waals surface area contributed by atoms with E-state index in [1.165, 1.54) is 11.1 Å². The molecule has 0 spiro atoms. The number of carbonyl (C=O) groups excluding carboxylic acids is 1. The number of aryl methyl sites for hydroxylation is 3. The van der Waals surface area contributed by atoms with Crippen LogP contribution in [0.1, 0.15) is 68.2 Å². The minimum Gasteiger partial charge on any atom is -0.489 e. The van der Waals surface area contributed by atoms with Crippen molar-refractivity contribution in [3.05, 3.63) is 46.6 Å². The molecule has 1 saturated carbocycles. The summed E-state index contributed by atoms with van der Waals surface area (Å²) in [6.07, 6.45) is 5.18. The van der Waals surface area contributed by atoms with Crippen molar-refractivity contribution in [2.75, 3.05) is 18.1 Å². The molecule has 5 heteroatoms. The van der Waals surface area contributed by atoms with Crippen LogP contribution in [0.25, 0.3) is 0 Å². The Balaban J connectivity index is 0.00000141. The van der Waals surface area contributed by atoms with E-state index in [0.717, 1.165) is 42.7 Å². The molecule has 2 aliphatic rings. The Bertz CT molecular complexity index is 1030. The Morgan fingerprint density at radius 3 is 2.38 bits per heavy atom. The van der Waals surface area contributed by atoms with Gasteiger partial charge in [-0.3, -0.25) is 9.69 Å². The molecule has 1 aliphatic carbocycles. The van der Waals surface area contributed by atoms with Crippen LogP contribution in [0, 0.1) is 32.6 Å². The second-order valence-corrected chi connectivity index (χ2v) is 8.19. The van der Waals surface area contributed by atoms with Crippen LogP contribution in [0.3, 0.4) is 0 Å². The standard InChI is InChI=1S/C25H28N2O3.C2H6/c1-5-6-24(28)27(23-13-17(3)16(2)12-22(23)19-7-8-19)25-18(4)11-21(14-26-25)30-15-20-9-10-29-20;1-2/h11-14,19-20H,7-10,15H2,1-4H3;1-2H3. The lowest BCUT2D eigenvalue weighted by Crippen LogP contribution is -2.32. The van der Waals surface area contributed by atoms with Crippen LogP contribution in [-0.4, -0.2) is 30.2 Å². The van der Waals surface area contributed by atoms with E-state index >= 15 is 0 Å². The quantitative estimate of drug-likeness (QED) is 0.542. The summed E-state index contributed by atoms with van der Waals surface area (Å²) in [5, 5.41) is 0. The molecular weight excluding hydrogens is 400 g/mol. The van der Waals surface area contributed by atoms with Crippen LogP contribution in [0.15, 0.2) is 24.4 Å². The summed E-state index contributed by atoms with van der Waals surface area (Å²) in [5.74, 6) is 6.96. The van der Waals surface area contributed by atoms with Gasteiger partial charge in [0.1, 0.15) is 18.2 Å². The Morgan fingerprint density at radius 2 is 1.81 bits per heavy atom. The second kappa shape index (κ2) is 10.7. The lowest BCUT2D eigenvalue weighted by molar-refractivity contribution is -0.112. The lowest BCUT2D eigenvalue weighted by atomic mass is 9.99. The predicted octanol–water partition coefficient (Wildman–Crippen LogP) is 5.77. The molecule has 2 aromatic rings. The normalized spacial score (nSPS) is 16.6. The van der Waals surface area contributed by atoms with Crippen molar-refractivity contribution in [2.24, 2.45) is 0 Å². The van der Waals surface area contributed by atoms with Crippen LogP contribution in [0.5, 0.6) is 5.75 Å². The summed E-state index contributed by atoms with van der Waals surface area (Å²) in [6, 6.07) is 6.24. The Kier molecular flexibility index (Phi) is 7.93. The fourth-order valence-corrected chi connectivity index (χ4v) is 3.68. The first kappa shape index (κ1) is 23.8. The number of nitrogens with zero attached hydrogens (tertiary/aromatic N) is 2. The number of anilines is 2. The number of rotatable bonds is 6. The summed E-state index contributed by atoms with van der Waals surface area (Å²) < 4.78 is 11.2. The smallest absolute Gasteiger partial charge is 0.308 e. The van der Waals surface area contributed by atoms with Crippen molar-refractivity contribution in [3.8, 4) is 17.6 Å². The molecule has 170 valence electrons. The number of pyridine rings is 1. The molecule has 0 radical (unpaired) electrons. The molecule has 1 aromatic heterocycles. The minimum atomic E-state index is -0.269. The number of amides is 1. The van der Waals surface area contributed by atoms with Crippen LogP contribution in [-0.2, 0) is 9.53 Å². The van der Waals surface area contributed by atoms with E-state index in [-0.39, 0.29) is 12.0 Å². The average molecular weight is 435 g/mol. The zero-order valence-corrected chi connectivity index (χ0v) is 20.1. The number of aromatic nitrogens is 1. The van der Waals surface area contributed by atoms with Crippen LogP contribution in [0.2, 0.25) is 0 Å². The van der Waals surface area contributed by atoms with Crippen molar-refractivity contribution in [1.29, 1.82) is 0 Å². The van der Waals surface area contributed by atoms with Gasteiger partial charge in [0, 0.05) is 13.0 Å². The van der Waals surface area contributed by atoms with E-state index in [1.54, 1.807) is 18.0 Å². The average Bonchev–Trinajstić information content (AvgIpc) is 3.58. The SMILES string of the molecule is CC.CC#CC(=O)N(c1cc(C)c(C)cc1C1CC1)c1ncc(OCC2CCO2)cc1C. The number of benzene rings is 1. The Labute approximate surface area is 192 Å². The fraction of sp³-hybridized carbons (Fsp3) is 0.481. The molecule has 1 amide bonds. The van der Waals surface area contributed by atoms with E-state index in [4.69, 9.17) is 9.47 Å². The van der Waals surface area contributed by atoms with Crippen molar-refractivity contribution < 1.29 is 14.3 Å². The first-order chi connectivity index (χ1) is 15.5. The van der Waals surface area contributed by atoms with Crippen molar-refractivity contribution in [1.82, 2.24) is 4.98 Å². The van der Waals surface area contributed by atoms with Gasteiger partial charge in [-0.15, -0.1) is 0 Å². The number of hydrogen-bond donors (Lipinski definition) is 0. The summed E-state index contributed by atoms with van der Waals surface area (Å²) in [4.78, 5) is 19.4. The van der Waals surface area contributed by atoms with Gasteiger partial charge < -0.3 is 9.47 Å². The molecule has 32 heavy (non-hydrogen) atoms. The Hall–Kier alpha value is -2.84. The highest BCUT2D eigenvalue weighted by molar-refractivity contribution is 6.11. The number of carbonyl (C=O) groups is 1. The zero-order chi connectivity index (χ0) is 23.3. The van der Waals surface area contributed by atoms with Gasteiger partial charge in [-0.25, -0.2) is 4.98 Å². The second-order valence-electron chi connectivity index (χ2n) is 8.19. The van der Waals surface area contributed by atoms with E-state index in [2.05, 4.69) is 42.8 Å². The molecule has 1 saturated heterocycles. The van der Waals surface area contributed by atoms with Crippen LogP contribution in [0.4, 0.5) is 11.5 Å². The molecule has 0 N–H and O–H groups in total. The van der Waals surface area contributed by atoms with E-state index in [9.17, 15) is 4.79 Å². The molecule has 1 atom stereocenters. The van der Waals surface area contributed by atoms with Gasteiger partial charge in [0.05, 0.1) is 18.0 Å². The van der Waals surface area contributed by atoms with Crippen molar-refractivity contribution in [2.45, 2.75) is 72.8 Å². The van der Waals surface area contributed by atoms with E-state index in [0.29, 0.717) is 24.1 Å². The van der Waals surface area contributed by atoms with Crippen molar-refractivity contribution >= 4 is 17.4 Å². The van der Waals surface area contributed by atoms with Crippen LogP contribution < -0.4 is 9.64 Å². The largest absolute Gasteiger partial charge is 0.489 e. The molecule has 0 bridgehead atoms. The predicted molar refractivity (Wildman–Crippen MR) is 129 cm³/mol. The molecule has 5 nitrogen and oxygen atoms in total. The number of hydrogen-bond acceptors (Lipinski definition) is 4. The maximum atomic E-state index is 13.1. The highest BCUT2D eigenvalue weighted by atomic mass is 16.5. The van der Waals surface area contributed by atoms with E-state index < -0.39 is 0 Å². The highest BCUT2D eigenvalue weighted by Crippen LogP contribution is 2.46. The van der Waals surface area contributed by atoms with Crippen molar-refractivity contribution in [3.63, 3.8) is 0 Å². The molecule has 1 aromatic carbocycles. The third-order valence-corrected chi connectivity index (χ3v) is 5.80. The van der Waals surface area contributed by atoms with Gasteiger partial charge in [0.15, 0.2) is 0 Å². The minimum absolute atomic E-state index is 0.166. The van der Waals surface area contributed by atoms with E-state index in [1.807, 2.05) is 26.8 Å². The van der Waals surface area contributed by atoms with Gasteiger partial charge in [0.25, 0.3) is 0 Å². The van der Waals surface area contributed by atoms with Gasteiger partial charge in [0.2, 0.25) is 0 Å². The monoisotopic (exact) mass is 434 g/mol. The molecule has 4 rings (SSSR count). The maximum absolute atomic E-state index is 13.1. The first-order valence-electron chi connectivity index (χ1n) is 11.6. The summed E-state index contributed by atoms with van der Waals surface area (Å²) >= 11 is 0. The molecule has 2 fully saturated rings. The fourth-order valence-electron chi connectivity index (χ4n) is 3.68. The third-order valence-electron chi connectivity index (χ3n) is 5.80. The van der Waals surface area contributed by atoms with Gasteiger partial charge in [-0.1, -0.05) is 25.8 Å². The van der Waals surface area contributed by atoms with Crippen LogP contribution >= 0.6 is 0 Å². The third kappa shape index (κ3) is 5.31.